The summed E-state index contributed by atoms with van der Waals surface area (Å²) in [7, 11) is 1.66. The Morgan fingerprint density at radius 1 is 1.61 bits per heavy atom. The van der Waals surface area contributed by atoms with Crippen LogP contribution in [0.15, 0.2) is 23.3 Å². The molecule has 96 valence electrons. The molecule has 5 N–H and O–H groups in total. The summed E-state index contributed by atoms with van der Waals surface area (Å²) < 4.78 is 13.0. The number of aliphatic imine (C=N–C) groups is 1. The molecule has 18 heavy (non-hydrogen) atoms. The fourth-order valence-corrected chi connectivity index (χ4v) is 2.02. The molecule has 0 radical (unpaired) electrons. The van der Waals surface area contributed by atoms with E-state index in [2.05, 4.69) is 25.8 Å². The van der Waals surface area contributed by atoms with Gasteiger partial charge in [-0.2, -0.15) is 5.10 Å². The lowest BCUT2D eigenvalue weighted by atomic mass is 10.1. The number of guanidine groups is 1. The summed E-state index contributed by atoms with van der Waals surface area (Å²) in [5, 5.41) is 13.0. The largest absolute Gasteiger partial charge is 0.333 e. The molecule has 1 saturated carbocycles. The summed E-state index contributed by atoms with van der Waals surface area (Å²) in [6.07, 6.45) is 3.27. The Morgan fingerprint density at radius 2 is 2.39 bits per heavy atom. The normalized spacial score (nSPS) is 36.3. The maximum Gasteiger partial charge on any atom is 0.197 e. The Morgan fingerprint density at radius 3 is 3.06 bits per heavy atom. The van der Waals surface area contributed by atoms with Crippen LogP contribution in [0.1, 0.15) is 23.7 Å². The van der Waals surface area contributed by atoms with Crippen molar-refractivity contribution in [2.45, 2.75) is 24.2 Å². The molecule has 3 rings (SSSR count). The molecule has 2 heterocycles. The summed E-state index contributed by atoms with van der Waals surface area (Å²) in [6, 6.07) is 1.81. The van der Waals surface area contributed by atoms with Gasteiger partial charge in [0.2, 0.25) is 0 Å². The van der Waals surface area contributed by atoms with Crippen LogP contribution in [0.3, 0.4) is 0 Å². The van der Waals surface area contributed by atoms with Gasteiger partial charge in [0.1, 0.15) is 11.9 Å². The molecule has 0 aromatic carbocycles. The van der Waals surface area contributed by atoms with E-state index in [9.17, 15) is 4.39 Å². The van der Waals surface area contributed by atoms with Crippen LogP contribution in [0.4, 0.5) is 4.39 Å². The van der Waals surface area contributed by atoms with Gasteiger partial charge < -0.3 is 16.4 Å². The standard InChI is InChI=1S/C11H15FN6/c1-14-10-15-3-2-11(13,16-10)9-5-8(17-18-9)6-4-7(6)12/h2-3,5-7H,4,13H2,1H3,(H,17,18)(H2,14,15,16)/t6-,7-,11?/m0/s1. The Balaban J connectivity index is 1.87. The molecule has 0 amide bonds. The molecule has 0 spiro atoms. The third kappa shape index (κ3) is 1.76. The van der Waals surface area contributed by atoms with Crippen molar-refractivity contribution in [1.82, 2.24) is 20.8 Å². The van der Waals surface area contributed by atoms with Gasteiger partial charge in [0.25, 0.3) is 0 Å². The van der Waals surface area contributed by atoms with Crippen LogP contribution in [0.5, 0.6) is 0 Å². The second-order valence-corrected chi connectivity index (χ2v) is 4.61. The number of aromatic amines is 1. The van der Waals surface area contributed by atoms with Gasteiger partial charge >= 0.3 is 0 Å². The Labute approximate surface area is 104 Å². The molecule has 7 heteroatoms. The smallest absolute Gasteiger partial charge is 0.197 e. The molecule has 1 aliphatic carbocycles. The van der Waals surface area contributed by atoms with E-state index in [-0.39, 0.29) is 5.92 Å². The monoisotopic (exact) mass is 250 g/mol. The maximum atomic E-state index is 13.0. The number of nitrogens with two attached hydrogens (primary N) is 1. The van der Waals surface area contributed by atoms with Gasteiger partial charge in [-0.25, -0.2) is 4.39 Å². The number of nitrogens with zero attached hydrogens (tertiary/aromatic N) is 2. The SMILES string of the molecule is CN=C1NC=CC(N)(c2cc([C@H]3C[C@@H]3F)[nH]n2)N1. The first kappa shape index (κ1) is 11.2. The molecule has 1 aliphatic heterocycles. The number of halogens is 1. The van der Waals surface area contributed by atoms with Gasteiger partial charge in [0, 0.05) is 24.9 Å². The van der Waals surface area contributed by atoms with E-state index in [0.717, 1.165) is 5.69 Å². The van der Waals surface area contributed by atoms with Crippen LogP contribution in [0.25, 0.3) is 0 Å². The Kier molecular flexibility index (Phi) is 2.37. The molecular formula is C11H15FN6. The summed E-state index contributed by atoms with van der Waals surface area (Å²) in [5.41, 5.74) is 6.72. The maximum absolute atomic E-state index is 13.0. The summed E-state index contributed by atoms with van der Waals surface area (Å²) >= 11 is 0. The minimum absolute atomic E-state index is 0.0557. The number of nitrogens with one attached hydrogen (secondary N) is 3. The first-order valence-electron chi connectivity index (χ1n) is 5.80. The Bertz CT molecular complexity index is 521. The molecule has 1 unspecified atom stereocenters. The number of hydrogen-bond acceptors (Lipinski definition) is 3. The quantitative estimate of drug-likeness (QED) is 0.596. The van der Waals surface area contributed by atoms with E-state index in [1.165, 1.54) is 0 Å². The Hall–Kier alpha value is -1.89. The molecule has 1 fully saturated rings. The van der Waals surface area contributed by atoms with Crippen molar-refractivity contribution >= 4 is 5.96 Å². The zero-order valence-corrected chi connectivity index (χ0v) is 9.94. The lowest BCUT2D eigenvalue weighted by molar-refractivity contribution is 0.466. The van der Waals surface area contributed by atoms with Gasteiger partial charge in [-0.05, 0) is 18.6 Å². The van der Waals surface area contributed by atoms with E-state index in [1.54, 1.807) is 25.4 Å². The van der Waals surface area contributed by atoms with E-state index < -0.39 is 11.8 Å². The number of H-pyrrole nitrogens is 1. The molecule has 1 aromatic rings. The average Bonchev–Trinajstić information content (AvgIpc) is 2.91. The third-order valence-electron chi connectivity index (χ3n) is 3.25. The highest BCUT2D eigenvalue weighted by atomic mass is 19.1. The van der Waals surface area contributed by atoms with Gasteiger partial charge in [0.05, 0.1) is 0 Å². The highest BCUT2D eigenvalue weighted by Gasteiger charge is 2.41. The third-order valence-corrected chi connectivity index (χ3v) is 3.25. The van der Waals surface area contributed by atoms with Crippen LogP contribution in [-0.4, -0.2) is 29.4 Å². The molecule has 2 aliphatic rings. The van der Waals surface area contributed by atoms with Crippen LogP contribution in [0.2, 0.25) is 0 Å². The molecule has 0 bridgehead atoms. The first-order chi connectivity index (χ1) is 8.62. The lowest BCUT2D eigenvalue weighted by Gasteiger charge is -2.30. The van der Waals surface area contributed by atoms with E-state index in [1.807, 2.05) is 0 Å². The number of aromatic nitrogens is 2. The van der Waals surface area contributed by atoms with E-state index in [0.29, 0.717) is 18.1 Å². The summed E-state index contributed by atoms with van der Waals surface area (Å²) in [6.45, 7) is 0. The van der Waals surface area contributed by atoms with Gasteiger partial charge in [-0.1, -0.05) is 0 Å². The molecule has 0 saturated heterocycles. The lowest BCUT2D eigenvalue weighted by Crippen LogP contribution is -2.57. The van der Waals surface area contributed by atoms with Gasteiger partial charge in [-0.15, -0.1) is 0 Å². The zero-order chi connectivity index (χ0) is 12.8. The predicted octanol–water partition coefficient (Wildman–Crippen LogP) is 0.0389. The van der Waals surface area contributed by atoms with Gasteiger partial charge in [-0.3, -0.25) is 10.1 Å². The minimum Gasteiger partial charge on any atom is -0.333 e. The highest BCUT2D eigenvalue weighted by Crippen LogP contribution is 2.43. The number of rotatable bonds is 2. The van der Waals surface area contributed by atoms with Crippen molar-refractivity contribution in [2.24, 2.45) is 10.7 Å². The van der Waals surface area contributed by atoms with Crippen molar-refractivity contribution in [1.29, 1.82) is 0 Å². The second-order valence-electron chi connectivity index (χ2n) is 4.61. The van der Waals surface area contributed by atoms with Gasteiger partial charge in [0.15, 0.2) is 11.6 Å². The molecular weight excluding hydrogens is 235 g/mol. The fourth-order valence-electron chi connectivity index (χ4n) is 2.02. The van der Waals surface area contributed by atoms with E-state index >= 15 is 0 Å². The predicted molar refractivity (Wildman–Crippen MR) is 65.5 cm³/mol. The van der Waals surface area contributed by atoms with Crippen LogP contribution >= 0.6 is 0 Å². The number of alkyl halides is 1. The van der Waals surface area contributed by atoms with E-state index in [4.69, 9.17) is 5.73 Å². The minimum atomic E-state index is -0.921. The summed E-state index contributed by atoms with van der Waals surface area (Å²) in [4.78, 5) is 4.00. The molecule has 6 nitrogen and oxygen atoms in total. The second kappa shape index (κ2) is 3.81. The summed E-state index contributed by atoms with van der Waals surface area (Å²) in [5.74, 6) is 0.513. The van der Waals surface area contributed by atoms with Crippen LogP contribution in [-0.2, 0) is 5.66 Å². The molecule has 3 atom stereocenters. The van der Waals surface area contributed by atoms with Crippen molar-refractivity contribution < 1.29 is 4.39 Å². The topological polar surface area (TPSA) is 91.1 Å². The van der Waals surface area contributed by atoms with Crippen LogP contribution in [0, 0.1) is 0 Å². The zero-order valence-electron chi connectivity index (χ0n) is 9.94. The van der Waals surface area contributed by atoms with Crippen LogP contribution < -0.4 is 16.4 Å². The van der Waals surface area contributed by atoms with Crippen molar-refractivity contribution in [3.05, 3.63) is 29.7 Å². The fraction of sp³-hybridized carbons (Fsp3) is 0.455. The average molecular weight is 250 g/mol. The number of hydrogen-bond donors (Lipinski definition) is 4. The first-order valence-corrected chi connectivity index (χ1v) is 5.80. The highest BCUT2D eigenvalue weighted by molar-refractivity contribution is 5.82. The van der Waals surface area contributed by atoms with Crippen molar-refractivity contribution in [3.8, 4) is 0 Å². The molecule has 1 aromatic heterocycles. The van der Waals surface area contributed by atoms with Crippen molar-refractivity contribution in [3.63, 3.8) is 0 Å². The van der Waals surface area contributed by atoms with Crippen molar-refractivity contribution in [2.75, 3.05) is 7.05 Å².